The van der Waals surface area contributed by atoms with Crippen molar-refractivity contribution in [2.24, 2.45) is 11.7 Å². The summed E-state index contributed by atoms with van der Waals surface area (Å²) in [6, 6.07) is 0. The fourth-order valence-electron chi connectivity index (χ4n) is 3.01. The molecule has 1 unspecified atom stereocenters. The van der Waals surface area contributed by atoms with Crippen LogP contribution in [0, 0.1) is 5.92 Å². The number of carbonyl (C=O) groups is 1. The lowest BCUT2D eigenvalue weighted by Gasteiger charge is -2.31. The molecular weight excluding hydrogens is 283 g/mol. The molecular formula is C15H31BN2O4. The van der Waals surface area contributed by atoms with Crippen molar-refractivity contribution in [2.75, 3.05) is 19.6 Å². The predicted molar refractivity (Wildman–Crippen MR) is 87.5 cm³/mol. The van der Waals surface area contributed by atoms with E-state index in [4.69, 9.17) is 15.8 Å². The molecule has 1 heterocycles. The van der Waals surface area contributed by atoms with Gasteiger partial charge in [0.15, 0.2) is 0 Å². The highest BCUT2D eigenvalue weighted by molar-refractivity contribution is 6.40. The zero-order valence-electron chi connectivity index (χ0n) is 13.7. The van der Waals surface area contributed by atoms with Gasteiger partial charge in [-0.1, -0.05) is 19.8 Å². The maximum absolute atomic E-state index is 11.4. The van der Waals surface area contributed by atoms with Crippen LogP contribution in [0.3, 0.4) is 0 Å². The second kappa shape index (κ2) is 9.50. The Balaban J connectivity index is 2.28. The molecule has 5 N–H and O–H groups in total. The number of carboxylic acid groups (broad SMARTS) is 1. The van der Waals surface area contributed by atoms with E-state index in [1.165, 1.54) is 12.8 Å². The molecule has 22 heavy (non-hydrogen) atoms. The zero-order chi connectivity index (χ0) is 16.6. The van der Waals surface area contributed by atoms with Crippen LogP contribution in [0.15, 0.2) is 0 Å². The van der Waals surface area contributed by atoms with Gasteiger partial charge in [-0.25, -0.2) is 0 Å². The summed E-state index contributed by atoms with van der Waals surface area (Å²) in [6.45, 7) is 5.38. The number of nitrogens with zero attached hydrogens (tertiary/aromatic N) is 1. The van der Waals surface area contributed by atoms with Gasteiger partial charge in [-0.15, -0.1) is 0 Å². The molecule has 0 aromatic heterocycles. The number of unbranched alkanes of at least 4 members (excludes halogenated alkanes) is 1. The Bertz CT molecular complexity index is 336. The summed E-state index contributed by atoms with van der Waals surface area (Å²) in [5, 5.41) is 27.0. The minimum absolute atomic E-state index is 0.266. The van der Waals surface area contributed by atoms with Crippen LogP contribution >= 0.6 is 0 Å². The molecule has 1 aliphatic rings. The topological polar surface area (TPSA) is 107 Å². The van der Waals surface area contributed by atoms with Crippen LogP contribution in [0.5, 0.6) is 0 Å². The summed E-state index contributed by atoms with van der Waals surface area (Å²) in [5.41, 5.74) is 4.86. The van der Waals surface area contributed by atoms with Gasteiger partial charge in [-0.3, -0.25) is 4.79 Å². The first-order valence-corrected chi connectivity index (χ1v) is 8.44. The van der Waals surface area contributed by atoms with Crippen molar-refractivity contribution in [1.29, 1.82) is 0 Å². The van der Waals surface area contributed by atoms with Gasteiger partial charge in [0.1, 0.15) is 5.54 Å². The monoisotopic (exact) mass is 314 g/mol. The summed E-state index contributed by atoms with van der Waals surface area (Å²) in [5.74, 6) is -0.157. The van der Waals surface area contributed by atoms with E-state index in [0.717, 1.165) is 32.0 Å². The van der Waals surface area contributed by atoms with Crippen molar-refractivity contribution in [1.82, 2.24) is 4.90 Å². The first kappa shape index (κ1) is 19.4. The highest BCUT2D eigenvalue weighted by Gasteiger charge is 2.33. The molecule has 6 nitrogen and oxygen atoms in total. The van der Waals surface area contributed by atoms with Crippen LogP contribution in [-0.4, -0.2) is 58.3 Å². The van der Waals surface area contributed by atoms with Gasteiger partial charge in [-0.2, -0.15) is 0 Å². The molecule has 0 amide bonds. The van der Waals surface area contributed by atoms with Crippen LogP contribution in [0.4, 0.5) is 0 Å². The molecule has 0 aromatic rings. The molecule has 1 fully saturated rings. The average Bonchev–Trinajstić information content (AvgIpc) is 2.45. The number of nitrogens with two attached hydrogens (primary N) is 1. The van der Waals surface area contributed by atoms with Crippen LogP contribution < -0.4 is 5.73 Å². The summed E-state index contributed by atoms with van der Waals surface area (Å²) in [6.07, 6.45) is 5.52. The standard InChI is InChI=1S/C15H31BN2O4/c1-13-5-11-18(12-6-13)10-4-8-15(17,14(19)20)7-2-3-9-16(21)22/h13,21-22H,2-12,17H2,1H3,(H,19,20). The molecule has 1 saturated heterocycles. The minimum atomic E-state index is -1.32. The lowest BCUT2D eigenvalue weighted by Crippen LogP contribution is -2.48. The summed E-state index contributed by atoms with van der Waals surface area (Å²) in [7, 11) is -1.32. The van der Waals surface area contributed by atoms with E-state index in [1.54, 1.807) is 0 Å². The van der Waals surface area contributed by atoms with E-state index < -0.39 is 18.6 Å². The van der Waals surface area contributed by atoms with Crippen LogP contribution in [-0.2, 0) is 4.79 Å². The largest absolute Gasteiger partial charge is 0.480 e. The van der Waals surface area contributed by atoms with Crippen molar-refractivity contribution >= 4 is 13.1 Å². The molecule has 1 rings (SSSR count). The van der Waals surface area contributed by atoms with Gasteiger partial charge < -0.3 is 25.8 Å². The molecule has 128 valence electrons. The predicted octanol–water partition coefficient (Wildman–Crippen LogP) is 0.924. The van der Waals surface area contributed by atoms with Crippen molar-refractivity contribution in [3.05, 3.63) is 0 Å². The fraction of sp³-hybridized carbons (Fsp3) is 0.933. The van der Waals surface area contributed by atoms with Gasteiger partial charge in [0.2, 0.25) is 0 Å². The van der Waals surface area contributed by atoms with Gasteiger partial charge in [0.25, 0.3) is 0 Å². The third-order valence-corrected chi connectivity index (χ3v) is 4.73. The number of aliphatic carboxylic acids is 1. The maximum atomic E-state index is 11.4. The lowest BCUT2D eigenvalue weighted by atomic mass is 9.81. The quantitative estimate of drug-likeness (QED) is 0.353. The SMILES string of the molecule is CC1CCN(CCCC(N)(CCCCB(O)O)C(=O)O)CC1. The van der Waals surface area contributed by atoms with Crippen LogP contribution in [0.1, 0.15) is 51.9 Å². The lowest BCUT2D eigenvalue weighted by molar-refractivity contribution is -0.144. The minimum Gasteiger partial charge on any atom is -0.480 e. The third-order valence-electron chi connectivity index (χ3n) is 4.73. The van der Waals surface area contributed by atoms with Gasteiger partial charge in [0, 0.05) is 0 Å². The van der Waals surface area contributed by atoms with E-state index in [2.05, 4.69) is 11.8 Å². The van der Waals surface area contributed by atoms with E-state index in [9.17, 15) is 9.90 Å². The Kier molecular flexibility index (Phi) is 8.39. The highest BCUT2D eigenvalue weighted by Crippen LogP contribution is 2.21. The van der Waals surface area contributed by atoms with Crippen molar-refractivity contribution < 1.29 is 19.9 Å². The molecule has 1 atom stereocenters. The normalized spacial score (nSPS) is 19.8. The third kappa shape index (κ3) is 7.09. The van der Waals surface area contributed by atoms with Gasteiger partial charge in [-0.05, 0) is 64.0 Å². The summed E-state index contributed by atoms with van der Waals surface area (Å²) < 4.78 is 0. The number of hydrogen-bond donors (Lipinski definition) is 4. The molecule has 0 aromatic carbocycles. The molecule has 0 radical (unpaired) electrons. The Morgan fingerprint density at radius 3 is 2.36 bits per heavy atom. The van der Waals surface area contributed by atoms with E-state index in [-0.39, 0.29) is 6.32 Å². The number of hydrogen-bond acceptors (Lipinski definition) is 5. The number of carboxylic acids is 1. The number of rotatable bonds is 10. The molecule has 0 spiro atoms. The van der Waals surface area contributed by atoms with E-state index in [1.807, 2.05) is 0 Å². The fourth-order valence-corrected chi connectivity index (χ4v) is 3.01. The molecule has 0 saturated carbocycles. The molecule has 0 bridgehead atoms. The van der Waals surface area contributed by atoms with Gasteiger partial charge >= 0.3 is 13.1 Å². The Morgan fingerprint density at radius 1 is 1.23 bits per heavy atom. The zero-order valence-corrected chi connectivity index (χ0v) is 13.7. The number of piperidine rings is 1. The second-order valence-corrected chi connectivity index (χ2v) is 6.82. The van der Waals surface area contributed by atoms with Gasteiger partial charge in [0.05, 0.1) is 0 Å². The van der Waals surface area contributed by atoms with Crippen molar-refractivity contribution in [2.45, 2.75) is 63.7 Å². The van der Waals surface area contributed by atoms with Crippen LogP contribution in [0.25, 0.3) is 0 Å². The number of likely N-dealkylation sites (tertiary alicyclic amines) is 1. The van der Waals surface area contributed by atoms with E-state index in [0.29, 0.717) is 25.7 Å². The Morgan fingerprint density at radius 2 is 1.82 bits per heavy atom. The second-order valence-electron chi connectivity index (χ2n) is 6.82. The first-order valence-electron chi connectivity index (χ1n) is 8.44. The Hall–Kier alpha value is -0.625. The summed E-state index contributed by atoms with van der Waals surface area (Å²) in [4.78, 5) is 13.8. The Labute approximate surface area is 133 Å². The molecule has 0 aliphatic carbocycles. The maximum Gasteiger partial charge on any atom is 0.451 e. The molecule has 1 aliphatic heterocycles. The van der Waals surface area contributed by atoms with Crippen LogP contribution in [0.2, 0.25) is 6.32 Å². The first-order chi connectivity index (χ1) is 10.3. The summed E-state index contributed by atoms with van der Waals surface area (Å²) >= 11 is 0. The molecule has 7 heteroatoms. The van der Waals surface area contributed by atoms with E-state index >= 15 is 0 Å². The van der Waals surface area contributed by atoms with Crippen molar-refractivity contribution in [3.63, 3.8) is 0 Å². The highest BCUT2D eigenvalue weighted by atomic mass is 16.4. The average molecular weight is 314 g/mol. The van der Waals surface area contributed by atoms with Crippen molar-refractivity contribution in [3.8, 4) is 0 Å². The smallest absolute Gasteiger partial charge is 0.451 e.